The summed E-state index contributed by atoms with van der Waals surface area (Å²) in [6.07, 6.45) is -8.86. The van der Waals surface area contributed by atoms with Crippen LogP contribution in [0.5, 0.6) is 0 Å². The van der Waals surface area contributed by atoms with Crippen LogP contribution in [-0.2, 0) is 6.18 Å². The molecule has 5 nitrogen and oxygen atoms in total. The van der Waals surface area contributed by atoms with Gasteiger partial charge in [0.25, 0.3) is 17.4 Å². The van der Waals surface area contributed by atoms with Crippen molar-refractivity contribution in [3.8, 4) is 0 Å². The van der Waals surface area contributed by atoms with Crippen LogP contribution in [0.3, 0.4) is 0 Å². The number of halogens is 6. The van der Waals surface area contributed by atoms with Crippen LogP contribution in [-0.4, -0.2) is 15.1 Å². The molecule has 11 heteroatoms. The van der Waals surface area contributed by atoms with Crippen molar-refractivity contribution in [3.05, 3.63) is 33.1 Å². The molecule has 0 atom stereocenters. The number of alkyl halides is 5. The normalized spacial score (nSPS) is 11.7. The molecular formula is C8H2ClF5N2O3. The smallest absolute Gasteiger partial charge is 0.275 e. The fraction of sp³-hybridized carbons (Fsp3) is 0.250. The Morgan fingerprint density at radius 2 is 1.95 bits per heavy atom. The number of carbonyl (C=O) groups is 1. The summed E-state index contributed by atoms with van der Waals surface area (Å²) in [4.78, 5) is 22.6. The van der Waals surface area contributed by atoms with Crippen LogP contribution in [0.1, 0.15) is 28.0 Å². The van der Waals surface area contributed by atoms with E-state index in [9.17, 15) is 36.9 Å². The van der Waals surface area contributed by atoms with Gasteiger partial charge in [-0.2, -0.15) is 13.2 Å². The number of carbonyl (C=O) groups excluding carboxylic acids is 1. The molecule has 0 aliphatic carbocycles. The Kier molecular flexibility index (Phi) is 4.03. The van der Waals surface area contributed by atoms with Crippen molar-refractivity contribution >= 4 is 22.5 Å². The fourth-order valence-corrected chi connectivity index (χ4v) is 1.46. The number of aromatic nitrogens is 1. The predicted octanol–water partition coefficient (Wildman–Crippen LogP) is 3.33. The van der Waals surface area contributed by atoms with Gasteiger partial charge in [-0.05, 0) is 11.6 Å². The van der Waals surface area contributed by atoms with Crippen molar-refractivity contribution in [2.24, 2.45) is 0 Å². The van der Waals surface area contributed by atoms with Gasteiger partial charge in [0.05, 0.1) is 4.92 Å². The molecule has 0 saturated heterocycles. The summed E-state index contributed by atoms with van der Waals surface area (Å²) in [5.41, 5.74) is -6.79. The quantitative estimate of drug-likeness (QED) is 0.371. The zero-order chi connectivity index (χ0) is 15.0. The predicted molar refractivity (Wildman–Crippen MR) is 51.0 cm³/mol. The third kappa shape index (κ3) is 2.95. The first-order valence-electron chi connectivity index (χ1n) is 4.29. The van der Waals surface area contributed by atoms with E-state index >= 15 is 0 Å². The topological polar surface area (TPSA) is 73.1 Å². The van der Waals surface area contributed by atoms with Crippen molar-refractivity contribution < 1.29 is 31.7 Å². The second-order valence-electron chi connectivity index (χ2n) is 3.11. The lowest BCUT2D eigenvalue weighted by molar-refractivity contribution is -0.388. The molecule has 0 aliphatic heterocycles. The third-order valence-electron chi connectivity index (χ3n) is 1.97. The molecule has 0 aliphatic rings. The minimum Gasteiger partial charge on any atom is -0.275 e. The number of nitro groups is 1. The average Bonchev–Trinajstić information content (AvgIpc) is 2.25. The van der Waals surface area contributed by atoms with E-state index in [1.54, 1.807) is 0 Å². The molecule has 1 heterocycles. The summed E-state index contributed by atoms with van der Waals surface area (Å²) in [6, 6.07) is 0. The van der Waals surface area contributed by atoms with E-state index in [0.29, 0.717) is 0 Å². The molecule has 104 valence electrons. The number of nitrogens with zero attached hydrogens (tertiary/aromatic N) is 2. The van der Waals surface area contributed by atoms with Gasteiger partial charge in [-0.25, -0.2) is 8.78 Å². The molecule has 1 aromatic heterocycles. The molecule has 0 fully saturated rings. The lowest BCUT2D eigenvalue weighted by Crippen LogP contribution is -2.15. The minimum atomic E-state index is -5.24. The molecular weight excluding hydrogens is 303 g/mol. The van der Waals surface area contributed by atoms with E-state index in [4.69, 9.17) is 11.6 Å². The van der Waals surface area contributed by atoms with Crippen LogP contribution in [0, 0.1) is 10.1 Å². The SMILES string of the molecule is O=C(Cl)c1c(C(F)F)ncc(C(F)(F)F)c1[N+](=O)[O-]. The van der Waals surface area contributed by atoms with Crippen molar-refractivity contribution in [2.75, 3.05) is 0 Å². The maximum Gasteiger partial charge on any atom is 0.424 e. The summed E-state index contributed by atoms with van der Waals surface area (Å²) in [5.74, 6) is 0. The summed E-state index contributed by atoms with van der Waals surface area (Å²) < 4.78 is 62.5. The van der Waals surface area contributed by atoms with E-state index in [0.717, 1.165) is 0 Å². The highest BCUT2D eigenvalue weighted by molar-refractivity contribution is 6.68. The highest BCUT2D eigenvalue weighted by atomic mass is 35.5. The molecule has 0 unspecified atom stereocenters. The van der Waals surface area contributed by atoms with Crippen LogP contribution >= 0.6 is 11.6 Å². The van der Waals surface area contributed by atoms with Crippen LogP contribution in [0.15, 0.2) is 6.20 Å². The maximum absolute atomic E-state index is 12.5. The standard InChI is InChI=1S/C8H2ClF5N2O3/c9-6(17)3-4(7(10)11)15-1-2(8(12,13)14)5(3)16(18)19/h1,7H. The van der Waals surface area contributed by atoms with E-state index in [1.807, 2.05) is 0 Å². The third-order valence-corrected chi connectivity index (χ3v) is 2.16. The molecule has 19 heavy (non-hydrogen) atoms. The van der Waals surface area contributed by atoms with E-state index < -0.39 is 45.3 Å². The Balaban J connectivity index is 3.79. The van der Waals surface area contributed by atoms with Crippen LogP contribution in [0.2, 0.25) is 0 Å². The van der Waals surface area contributed by atoms with E-state index in [2.05, 4.69) is 4.98 Å². The van der Waals surface area contributed by atoms with Crippen molar-refractivity contribution in [2.45, 2.75) is 12.6 Å². The van der Waals surface area contributed by atoms with Crippen LogP contribution < -0.4 is 0 Å². The summed E-state index contributed by atoms with van der Waals surface area (Å²) in [5, 5.41) is 8.77. The first-order chi connectivity index (χ1) is 8.57. The Morgan fingerprint density at radius 3 is 2.26 bits per heavy atom. The Bertz CT molecular complexity index is 546. The second kappa shape index (κ2) is 5.03. The largest absolute Gasteiger partial charge is 0.424 e. The van der Waals surface area contributed by atoms with Gasteiger partial charge in [0, 0.05) is 6.20 Å². The van der Waals surface area contributed by atoms with Crippen molar-refractivity contribution in [1.29, 1.82) is 0 Å². The van der Waals surface area contributed by atoms with Gasteiger partial charge >= 0.3 is 6.18 Å². The van der Waals surface area contributed by atoms with Gasteiger partial charge < -0.3 is 0 Å². The van der Waals surface area contributed by atoms with Gasteiger partial charge in [0.1, 0.15) is 11.3 Å². The highest BCUT2D eigenvalue weighted by Crippen LogP contribution is 2.40. The zero-order valence-electron chi connectivity index (χ0n) is 8.54. The minimum absolute atomic E-state index is 0.136. The highest BCUT2D eigenvalue weighted by Gasteiger charge is 2.43. The molecule has 0 radical (unpaired) electrons. The average molecular weight is 305 g/mol. The molecule has 1 aromatic rings. The van der Waals surface area contributed by atoms with Crippen molar-refractivity contribution in [1.82, 2.24) is 4.98 Å². The summed E-state index contributed by atoms with van der Waals surface area (Å²) in [7, 11) is 0. The lowest BCUT2D eigenvalue weighted by atomic mass is 10.1. The molecule has 0 bridgehead atoms. The molecule has 0 amide bonds. The Morgan fingerprint density at radius 1 is 1.42 bits per heavy atom. The lowest BCUT2D eigenvalue weighted by Gasteiger charge is -2.11. The van der Waals surface area contributed by atoms with Gasteiger partial charge in [0.15, 0.2) is 5.56 Å². The maximum atomic E-state index is 12.5. The van der Waals surface area contributed by atoms with E-state index in [1.165, 1.54) is 0 Å². The summed E-state index contributed by atoms with van der Waals surface area (Å²) >= 11 is 4.84. The number of pyridine rings is 1. The fourth-order valence-electron chi connectivity index (χ4n) is 1.27. The molecule has 1 rings (SSSR count). The van der Waals surface area contributed by atoms with Gasteiger partial charge in [-0.15, -0.1) is 0 Å². The van der Waals surface area contributed by atoms with Crippen LogP contribution in [0.25, 0.3) is 0 Å². The second-order valence-corrected chi connectivity index (χ2v) is 3.45. The monoisotopic (exact) mass is 304 g/mol. The first-order valence-corrected chi connectivity index (χ1v) is 4.67. The van der Waals surface area contributed by atoms with Gasteiger partial charge in [-0.3, -0.25) is 19.9 Å². The molecule has 0 aromatic carbocycles. The van der Waals surface area contributed by atoms with E-state index in [-0.39, 0.29) is 6.20 Å². The summed E-state index contributed by atoms with van der Waals surface area (Å²) in [6.45, 7) is 0. The zero-order valence-corrected chi connectivity index (χ0v) is 9.30. The molecule has 0 spiro atoms. The van der Waals surface area contributed by atoms with Gasteiger partial charge in [-0.1, -0.05) is 0 Å². The Hall–Kier alpha value is -1.84. The first kappa shape index (κ1) is 15.2. The van der Waals surface area contributed by atoms with Gasteiger partial charge in [0.2, 0.25) is 0 Å². The Labute approximate surface area is 106 Å². The van der Waals surface area contributed by atoms with Crippen LogP contribution in [0.4, 0.5) is 27.6 Å². The number of hydrogen-bond acceptors (Lipinski definition) is 4. The molecule has 0 saturated carbocycles. The van der Waals surface area contributed by atoms with Crippen molar-refractivity contribution in [3.63, 3.8) is 0 Å². The number of rotatable bonds is 3. The molecule has 0 N–H and O–H groups in total. The number of hydrogen-bond donors (Lipinski definition) is 0.